The Balaban J connectivity index is 1.38. The van der Waals surface area contributed by atoms with Crippen molar-refractivity contribution >= 4 is 34.9 Å². The first-order valence-corrected chi connectivity index (χ1v) is 9.97. The number of imide groups is 1. The van der Waals surface area contributed by atoms with Gasteiger partial charge in [0.05, 0.1) is 10.5 Å². The third-order valence-corrected chi connectivity index (χ3v) is 5.49. The van der Waals surface area contributed by atoms with Crippen LogP contribution in [0, 0.1) is 6.92 Å². The van der Waals surface area contributed by atoms with Crippen LogP contribution in [-0.4, -0.2) is 46.9 Å². The number of phenols is 1. The summed E-state index contributed by atoms with van der Waals surface area (Å²) in [4.78, 5) is 38.4. The summed E-state index contributed by atoms with van der Waals surface area (Å²) in [6.45, 7) is 2.06. The molecule has 8 nitrogen and oxygen atoms in total. The van der Waals surface area contributed by atoms with Crippen LogP contribution in [-0.2, 0) is 4.79 Å². The van der Waals surface area contributed by atoms with Crippen LogP contribution in [0.2, 0.25) is 0 Å². The predicted octanol–water partition coefficient (Wildman–Crippen LogP) is 2.90. The lowest BCUT2D eigenvalue weighted by molar-refractivity contribution is -0.122. The summed E-state index contributed by atoms with van der Waals surface area (Å²) in [6, 6.07) is 9.99. The molecule has 0 unspecified atom stereocenters. The minimum atomic E-state index is -0.477. The molecule has 2 aliphatic rings. The molecule has 30 heavy (non-hydrogen) atoms. The Morgan fingerprint density at radius 2 is 2.00 bits per heavy atom. The molecule has 4 rings (SSSR count). The molecule has 0 aliphatic carbocycles. The maximum Gasteiger partial charge on any atom is 0.293 e. The normalized spacial score (nSPS) is 16.4. The number of hydrogen-bond acceptors (Lipinski definition) is 7. The highest BCUT2D eigenvalue weighted by Crippen LogP contribution is 2.36. The standard InChI is InChI=1S/C21H18N2O6S/c1-12-2-4-14(15(24)8-12)19(25)22-6-7-23-20(26)18(30-21(23)27)10-13-3-5-16-17(9-13)29-11-28-16/h2-5,8-10,24H,6-7,11H2,1H3,(H,22,25)/b18-10-. The fraction of sp³-hybridized carbons (Fsp3) is 0.190. The molecule has 0 saturated carbocycles. The molecule has 3 amide bonds. The molecule has 2 N–H and O–H groups in total. The Bertz CT molecular complexity index is 1080. The molecule has 9 heteroatoms. The van der Waals surface area contributed by atoms with E-state index in [-0.39, 0.29) is 31.2 Å². The number of aryl methyl sites for hydroxylation is 1. The zero-order chi connectivity index (χ0) is 21.3. The van der Waals surface area contributed by atoms with Crippen molar-refractivity contribution in [1.29, 1.82) is 0 Å². The Kier molecular flexibility index (Phi) is 5.37. The second-order valence-corrected chi connectivity index (χ2v) is 7.72. The minimum Gasteiger partial charge on any atom is -0.507 e. The number of amides is 3. The van der Waals surface area contributed by atoms with Crippen molar-refractivity contribution < 1.29 is 29.0 Å². The Morgan fingerprint density at radius 3 is 2.80 bits per heavy atom. The molecule has 1 saturated heterocycles. The van der Waals surface area contributed by atoms with Gasteiger partial charge in [0.2, 0.25) is 6.79 Å². The van der Waals surface area contributed by atoms with E-state index < -0.39 is 17.1 Å². The topological polar surface area (TPSA) is 105 Å². The molecule has 0 radical (unpaired) electrons. The fourth-order valence-corrected chi connectivity index (χ4v) is 3.92. The number of carbonyl (C=O) groups excluding carboxylic acids is 3. The number of benzene rings is 2. The van der Waals surface area contributed by atoms with Crippen molar-refractivity contribution in [2.75, 3.05) is 19.9 Å². The zero-order valence-corrected chi connectivity index (χ0v) is 16.8. The molecular weight excluding hydrogens is 408 g/mol. The molecule has 0 spiro atoms. The number of aromatic hydroxyl groups is 1. The van der Waals surface area contributed by atoms with E-state index >= 15 is 0 Å². The van der Waals surface area contributed by atoms with E-state index in [0.29, 0.717) is 22.0 Å². The van der Waals surface area contributed by atoms with E-state index in [1.54, 1.807) is 37.3 Å². The number of fused-ring (bicyclic) bond motifs is 1. The van der Waals surface area contributed by atoms with Crippen LogP contribution in [0.25, 0.3) is 6.08 Å². The number of thioether (sulfide) groups is 1. The second-order valence-electron chi connectivity index (χ2n) is 6.72. The summed E-state index contributed by atoms with van der Waals surface area (Å²) in [5.74, 6) is 0.205. The highest BCUT2D eigenvalue weighted by Gasteiger charge is 2.34. The highest BCUT2D eigenvalue weighted by molar-refractivity contribution is 8.18. The maximum atomic E-state index is 12.6. The van der Waals surface area contributed by atoms with Crippen LogP contribution in [0.15, 0.2) is 41.3 Å². The summed E-state index contributed by atoms with van der Waals surface area (Å²) in [6.07, 6.45) is 1.62. The van der Waals surface area contributed by atoms with Gasteiger partial charge in [-0.15, -0.1) is 0 Å². The van der Waals surface area contributed by atoms with E-state index in [9.17, 15) is 19.5 Å². The monoisotopic (exact) mass is 426 g/mol. The zero-order valence-electron chi connectivity index (χ0n) is 16.0. The molecule has 1 fully saturated rings. The molecule has 0 aromatic heterocycles. The Morgan fingerprint density at radius 1 is 1.20 bits per heavy atom. The van der Waals surface area contributed by atoms with Gasteiger partial charge in [-0.2, -0.15) is 0 Å². The van der Waals surface area contributed by atoms with Crippen LogP contribution in [0.4, 0.5) is 4.79 Å². The number of phenolic OH excluding ortho intramolecular Hbond substituents is 1. The largest absolute Gasteiger partial charge is 0.507 e. The van der Waals surface area contributed by atoms with Gasteiger partial charge >= 0.3 is 0 Å². The first-order chi connectivity index (χ1) is 14.4. The van der Waals surface area contributed by atoms with E-state index in [4.69, 9.17) is 9.47 Å². The van der Waals surface area contributed by atoms with E-state index in [1.165, 1.54) is 12.1 Å². The lowest BCUT2D eigenvalue weighted by Crippen LogP contribution is -2.37. The third kappa shape index (κ3) is 3.97. The Labute approximate surface area is 176 Å². The van der Waals surface area contributed by atoms with E-state index in [1.807, 2.05) is 0 Å². The minimum absolute atomic E-state index is 0.0293. The third-order valence-electron chi connectivity index (χ3n) is 4.59. The number of ether oxygens (including phenoxy) is 2. The first-order valence-electron chi connectivity index (χ1n) is 9.15. The summed E-state index contributed by atoms with van der Waals surface area (Å²) in [7, 11) is 0. The van der Waals surface area contributed by atoms with Crippen LogP contribution < -0.4 is 14.8 Å². The van der Waals surface area contributed by atoms with E-state index in [2.05, 4.69) is 5.32 Å². The number of hydrogen-bond donors (Lipinski definition) is 2. The van der Waals surface area contributed by atoms with Crippen molar-refractivity contribution in [2.45, 2.75) is 6.92 Å². The lowest BCUT2D eigenvalue weighted by Gasteiger charge is -2.13. The van der Waals surface area contributed by atoms with E-state index in [0.717, 1.165) is 22.2 Å². The number of nitrogens with zero attached hydrogens (tertiary/aromatic N) is 1. The average Bonchev–Trinajstić information content (AvgIpc) is 3.27. The smallest absolute Gasteiger partial charge is 0.293 e. The van der Waals surface area contributed by atoms with Gasteiger partial charge in [0.1, 0.15) is 5.75 Å². The SMILES string of the molecule is Cc1ccc(C(=O)NCCN2C(=O)S/C(=C\c3ccc4c(c3)OCO4)C2=O)c(O)c1. The fourth-order valence-electron chi connectivity index (χ4n) is 3.06. The molecule has 0 bridgehead atoms. The van der Waals surface area contributed by atoms with Crippen molar-refractivity contribution in [3.8, 4) is 17.2 Å². The first kappa shape index (κ1) is 19.8. The molecule has 2 aliphatic heterocycles. The molecular formula is C21H18N2O6S. The van der Waals surface area contributed by atoms with Crippen molar-refractivity contribution in [3.05, 3.63) is 58.0 Å². The molecule has 2 aromatic rings. The summed E-state index contributed by atoms with van der Waals surface area (Å²) in [5, 5.41) is 12.1. The second kappa shape index (κ2) is 8.11. The van der Waals surface area contributed by atoms with Crippen molar-refractivity contribution in [2.24, 2.45) is 0 Å². The summed E-state index contributed by atoms with van der Waals surface area (Å²) < 4.78 is 10.6. The van der Waals surface area contributed by atoms with Crippen molar-refractivity contribution in [1.82, 2.24) is 10.2 Å². The maximum absolute atomic E-state index is 12.6. The van der Waals surface area contributed by atoms with Crippen LogP contribution >= 0.6 is 11.8 Å². The quantitative estimate of drug-likeness (QED) is 0.708. The van der Waals surface area contributed by atoms with Gasteiger partial charge in [-0.1, -0.05) is 12.1 Å². The number of nitrogens with one attached hydrogen (secondary N) is 1. The van der Waals surface area contributed by atoms with Gasteiger partial charge in [-0.05, 0) is 60.2 Å². The Hall–Kier alpha value is -3.46. The molecule has 2 heterocycles. The van der Waals surface area contributed by atoms with Crippen LogP contribution in [0.1, 0.15) is 21.5 Å². The number of carbonyl (C=O) groups is 3. The van der Waals surface area contributed by atoms with Gasteiger partial charge < -0.3 is 19.9 Å². The van der Waals surface area contributed by atoms with Crippen molar-refractivity contribution in [3.63, 3.8) is 0 Å². The highest BCUT2D eigenvalue weighted by atomic mass is 32.2. The molecule has 0 atom stereocenters. The molecule has 154 valence electrons. The van der Waals surface area contributed by atoms with Crippen LogP contribution in [0.5, 0.6) is 17.2 Å². The van der Waals surface area contributed by atoms with Gasteiger partial charge in [-0.25, -0.2) is 0 Å². The summed E-state index contributed by atoms with van der Waals surface area (Å²) in [5.41, 5.74) is 1.68. The van der Waals surface area contributed by atoms with Crippen LogP contribution in [0.3, 0.4) is 0 Å². The average molecular weight is 426 g/mol. The van der Waals surface area contributed by atoms with Gasteiger partial charge in [0.25, 0.3) is 17.1 Å². The number of rotatable bonds is 5. The predicted molar refractivity (Wildman–Crippen MR) is 110 cm³/mol. The van der Waals surface area contributed by atoms with Gasteiger partial charge in [0, 0.05) is 13.1 Å². The lowest BCUT2D eigenvalue weighted by atomic mass is 10.1. The van der Waals surface area contributed by atoms with Gasteiger partial charge in [0.15, 0.2) is 11.5 Å². The molecule has 2 aromatic carbocycles. The van der Waals surface area contributed by atoms with Gasteiger partial charge in [-0.3, -0.25) is 19.3 Å². The summed E-state index contributed by atoms with van der Waals surface area (Å²) >= 11 is 0.843.